The first kappa shape index (κ1) is 12.5. The summed E-state index contributed by atoms with van der Waals surface area (Å²) in [6.07, 6.45) is 0. The van der Waals surface area contributed by atoms with Gasteiger partial charge in [-0.25, -0.2) is 4.39 Å². The van der Waals surface area contributed by atoms with Crippen molar-refractivity contribution < 1.29 is 13.5 Å². The monoisotopic (exact) mass is 271 g/mol. The molecule has 1 heterocycles. The predicted molar refractivity (Wildman–Crippen MR) is 76.5 cm³/mol. The molecule has 0 aliphatic rings. The maximum absolute atomic E-state index is 13.6. The molecule has 3 aromatic rings. The number of anilines is 1. The van der Waals surface area contributed by atoms with E-state index in [4.69, 9.17) is 9.15 Å². The molecule has 0 atom stereocenters. The van der Waals surface area contributed by atoms with E-state index in [1.165, 1.54) is 13.2 Å². The second-order valence-electron chi connectivity index (χ2n) is 4.45. The summed E-state index contributed by atoms with van der Waals surface area (Å²) in [5.74, 6) is 0.656. The lowest BCUT2D eigenvalue weighted by Gasteiger charge is -2.06. The summed E-state index contributed by atoms with van der Waals surface area (Å²) in [5.41, 5.74) is 1.54. The number of nitrogens with one attached hydrogen (secondary N) is 1. The standard InChI is InChI=1S/C16H14FNO2/c1-19-16-7-6-12(9-14(16)17)18-10-13-8-11-4-2-3-5-15(11)20-13/h2-9,18H,10H2,1H3. The highest BCUT2D eigenvalue weighted by molar-refractivity contribution is 5.77. The third kappa shape index (κ3) is 2.45. The van der Waals surface area contributed by atoms with Crippen LogP contribution in [0.2, 0.25) is 0 Å². The predicted octanol–water partition coefficient (Wildman–Crippen LogP) is 4.19. The smallest absolute Gasteiger partial charge is 0.167 e. The Labute approximate surface area is 116 Å². The highest BCUT2D eigenvalue weighted by atomic mass is 19.1. The molecule has 1 aromatic heterocycles. The average molecular weight is 271 g/mol. The maximum atomic E-state index is 13.6. The molecule has 0 saturated carbocycles. The van der Waals surface area contributed by atoms with Gasteiger partial charge < -0.3 is 14.5 Å². The molecular weight excluding hydrogens is 257 g/mol. The van der Waals surface area contributed by atoms with Gasteiger partial charge in [0, 0.05) is 17.1 Å². The van der Waals surface area contributed by atoms with Gasteiger partial charge in [-0.3, -0.25) is 0 Å². The zero-order chi connectivity index (χ0) is 13.9. The average Bonchev–Trinajstić information content (AvgIpc) is 2.88. The van der Waals surface area contributed by atoms with Gasteiger partial charge in [-0.1, -0.05) is 18.2 Å². The van der Waals surface area contributed by atoms with Crippen LogP contribution in [0.4, 0.5) is 10.1 Å². The maximum Gasteiger partial charge on any atom is 0.167 e. The fourth-order valence-electron chi connectivity index (χ4n) is 2.09. The Bertz CT molecular complexity index is 703. The Hall–Kier alpha value is -2.49. The molecule has 3 nitrogen and oxygen atoms in total. The molecule has 3 rings (SSSR count). The van der Waals surface area contributed by atoms with Crippen molar-refractivity contribution in [3.8, 4) is 5.75 Å². The first-order chi connectivity index (χ1) is 9.76. The number of fused-ring (bicyclic) bond motifs is 1. The fraction of sp³-hybridized carbons (Fsp3) is 0.125. The number of hydrogen-bond acceptors (Lipinski definition) is 3. The summed E-state index contributed by atoms with van der Waals surface area (Å²) in [4.78, 5) is 0. The number of furan rings is 1. The summed E-state index contributed by atoms with van der Waals surface area (Å²) in [7, 11) is 1.44. The zero-order valence-corrected chi connectivity index (χ0v) is 11.0. The topological polar surface area (TPSA) is 34.4 Å². The molecule has 0 aliphatic heterocycles. The van der Waals surface area contributed by atoms with Gasteiger partial charge in [0.25, 0.3) is 0 Å². The number of rotatable bonds is 4. The third-order valence-corrected chi connectivity index (χ3v) is 3.10. The lowest BCUT2D eigenvalue weighted by molar-refractivity contribution is 0.386. The van der Waals surface area contributed by atoms with Crippen LogP contribution in [0.1, 0.15) is 5.76 Å². The van der Waals surface area contributed by atoms with Crippen LogP contribution in [-0.2, 0) is 6.54 Å². The van der Waals surface area contributed by atoms with Crippen LogP contribution in [0.5, 0.6) is 5.75 Å². The third-order valence-electron chi connectivity index (χ3n) is 3.10. The summed E-state index contributed by atoms with van der Waals surface area (Å²) in [5, 5.41) is 4.19. The molecule has 0 fully saturated rings. The molecule has 0 amide bonds. The minimum atomic E-state index is -0.387. The van der Waals surface area contributed by atoms with E-state index >= 15 is 0 Å². The quantitative estimate of drug-likeness (QED) is 0.772. The van der Waals surface area contributed by atoms with E-state index in [1.54, 1.807) is 12.1 Å². The minimum absolute atomic E-state index is 0.235. The van der Waals surface area contributed by atoms with E-state index in [0.717, 1.165) is 16.7 Å². The van der Waals surface area contributed by atoms with Crippen LogP contribution < -0.4 is 10.1 Å². The number of methoxy groups -OCH3 is 1. The molecule has 2 aromatic carbocycles. The number of halogens is 1. The summed E-state index contributed by atoms with van der Waals surface area (Å²) in [6.45, 7) is 0.500. The summed E-state index contributed by atoms with van der Waals surface area (Å²) >= 11 is 0. The van der Waals surface area contributed by atoms with Crippen molar-refractivity contribution in [2.45, 2.75) is 6.54 Å². The molecule has 0 spiro atoms. The molecule has 0 radical (unpaired) electrons. The molecule has 20 heavy (non-hydrogen) atoms. The van der Waals surface area contributed by atoms with Crippen molar-refractivity contribution in [1.29, 1.82) is 0 Å². The molecule has 1 N–H and O–H groups in total. The van der Waals surface area contributed by atoms with Gasteiger partial charge in [0.1, 0.15) is 11.3 Å². The van der Waals surface area contributed by atoms with E-state index in [1.807, 2.05) is 30.3 Å². The van der Waals surface area contributed by atoms with Gasteiger partial charge in [-0.05, 0) is 24.3 Å². The van der Waals surface area contributed by atoms with Gasteiger partial charge in [-0.15, -0.1) is 0 Å². The van der Waals surface area contributed by atoms with E-state index in [2.05, 4.69) is 5.32 Å². The van der Waals surface area contributed by atoms with Crippen LogP contribution in [0.15, 0.2) is 52.9 Å². The lowest BCUT2D eigenvalue weighted by Crippen LogP contribution is -1.99. The van der Waals surface area contributed by atoms with Crippen LogP contribution in [0.3, 0.4) is 0 Å². The molecule has 0 saturated heterocycles. The Morgan fingerprint density at radius 2 is 2.00 bits per heavy atom. The van der Waals surface area contributed by atoms with E-state index in [0.29, 0.717) is 12.2 Å². The Morgan fingerprint density at radius 3 is 2.75 bits per heavy atom. The molecular formula is C16H14FNO2. The Kier molecular flexibility index (Phi) is 3.29. The molecule has 0 bridgehead atoms. The van der Waals surface area contributed by atoms with E-state index in [-0.39, 0.29) is 11.6 Å². The first-order valence-electron chi connectivity index (χ1n) is 6.31. The fourth-order valence-corrected chi connectivity index (χ4v) is 2.09. The van der Waals surface area contributed by atoms with Gasteiger partial charge in [0.05, 0.1) is 13.7 Å². The first-order valence-corrected chi connectivity index (χ1v) is 6.31. The Balaban J connectivity index is 1.74. The van der Waals surface area contributed by atoms with Crippen LogP contribution >= 0.6 is 0 Å². The summed E-state index contributed by atoms with van der Waals surface area (Å²) in [6, 6.07) is 14.6. The second-order valence-corrected chi connectivity index (χ2v) is 4.45. The summed E-state index contributed by atoms with van der Waals surface area (Å²) < 4.78 is 24.1. The molecule has 0 unspecified atom stereocenters. The van der Waals surface area contributed by atoms with E-state index in [9.17, 15) is 4.39 Å². The molecule has 102 valence electrons. The van der Waals surface area contributed by atoms with E-state index < -0.39 is 0 Å². The minimum Gasteiger partial charge on any atom is -0.494 e. The van der Waals surface area contributed by atoms with Crippen LogP contribution in [-0.4, -0.2) is 7.11 Å². The second kappa shape index (κ2) is 5.25. The highest BCUT2D eigenvalue weighted by Gasteiger charge is 2.05. The van der Waals surface area contributed by atoms with Gasteiger partial charge in [0.15, 0.2) is 11.6 Å². The van der Waals surface area contributed by atoms with Crippen LogP contribution in [0.25, 0.3) is 11.0 Å². The van der Waals surface area contributed by atoms with Crippen molar-refractivity contribution >= 4 is 16.7 Å². The number of hydrogen-bond donors (Lipinski definition) is 1. The van der Waals surface area contributed by atoms with Crippen LogP contribution in [0, 0.1) is 5.82 Å². The lowest BCUT2D eigenvalue weighted by atomic mass is 10.2. The van der Waals surface area contributed by atoms with Crippen molar-refractivity contribution in [3.05, 3.63) is 60.1 Å². The van der Waals surface area contributed by atoms with Gasteiger partial charge in [-0.2, -0.15) is 0 Å². The normalized spacial score (nSPS) is 10.7. The van der Waals surface area contributed by atoms with Gasteiger partial charge >= 0.3 is 0 Å². The van der Waals surface area contributed by atoms with Gasteiger partial charge in [0.2, 0.25) is 0 Å². The SMILES string of the molecule is COc1ccc(NCc2cc3ccccc3o2)cc1F. The van der Waals surface area contributed by atoms with Crippen molar-refractivity contribution in [2.24, 2.45) is 0 Å². The largest absolute Gasteiger partial charge is 0.494 e. The molecule has 4 heteroatoms. The number of ether oxygens (including phenoxy) is 1. The van der Waals surface area contributed by atoms with Crippen molar-refractivity contribution in [2.75, 3.05) is 12.4 Å². The Morgan fingerprint density at radius 1 is 1.15 bits per heavy atom. The number of benzene rings is 2. The van der Waals surface area contributed by atoms with Crippen molar-refractivity contribution in [1.82, 2.24) is 0 Å². The number of para-hydroxylation sites is 1. The molecule has 0 aliphatic carbocycles. The zero-order valence-electron chi connectivity index (χ0n) is 11.0. The van der Waals surface area contributed by atoms with Crippen molar-refractivity contribution in [3.63, 3.8) is 0 Å². The highest BCUT2D eigenvalue weighted by Crippen LogP contribution is 2.22.